The first-order valence-electron chi connectivity index (χ1n) is 16.1. The van der Waals surface area contributed by atoms with Gasteiger partial charge in [0.15, 0.2) is 0 Å². The van der Waals surface area contributed by atoms with Crippen molar-refractivity contribution in [3.63, 3.8) is 0 Å². The van der Waals surface area contributed by atoms with E-state index in [0.717, 1.165) is 38.9 Å². The molecule has 7 nitrogen and oxygen atoms in total. The summed E-state index contributed by atoms with van der Waals surface area (Å²) in [5, 5.41) is 6.67. The fraction of sp³-hybridized carbons (Fsp3) is 0.706. The molecule has 0 aromatic heterocycles. The summed E-state index contributed by atoms with van der Waals surface area (Å²) in [5.41, 5.74) is 5.93. The number of carbonyl (C=O) groups excluding carboxylic acids is 2. The van der Waals surface area contributed by atoms with Crippen molar-refractivity contribution in [3.05, 3.63) is 35.4 Å². The van der Waals surface area contributed by atoms with Gasteiger partial charge in [-0.25, -0.2) is 0 Å². The van der Waals surface area contributed by atoms with Crippen molar-refractivity contribution in [1.82, 2.24) is 15.6 Å². The number of hydrogen-bond donors (Lipinski definition) is 2. The van der Waals surface area contributed by atoms with Crippen molar-refractivity contribution >= 4 is 24.9 Å². The highest BCUT2D eigenvalue weighted by Crippen LogP contribution is 2.43. The van der Waals surface area contributed by atoms with E-state index in [4.69, 9.17) is 0 Å². The van der Waals surface area contributed by atoms with Gasteiger partial charge in [-0.1, -0.05) is 104 Å². The molecule has 2 amide bonds. The molecule has 1 atom stereocenters. The van der Waals surface area contributed by atoms with Crippen LogP contribution in [0, 0.1) is 18.3 Å². The summed E-state index contributed by atoms with van der Waals surface area (Å²) >= 11 is 0. The molecule has 1 aliphatic heterocycles. The van der Waals surface area contributed by atoms with Gasteiger partial charge >= 0.3 is 0 Å². The number of amides is 2. The Bertz CT molecular complexity index is 809. The zero-order valence-corrected chi connectivity index (χ0v) is 28.0. The summed E-state index contributed by atoms with van der Waals surface area (Å²) in [6.07, 6.45) is 11.8. The molecule has 0 bridgehead atoms. The van der Waals surface area contributed by atoms with Crippen molar-refractivity contribution in [1.29, 1.82) is 0 Å². The van der Waals surface area contributed by atoms with Gasteiger partial charge < -0.3 is 15.6 Å². The predicted octanol–water partition coefficient (Wildman–Crippen LogP) is 7.57. The summed E-state index contributed by atoms with van der Waals surface area (Å²) in [4.78, 5) is 28.7. The summed E-state index contributed by atoms with van der Waals surface area (Å²) in [7, 11) is 1.63. The fourth-order valence-corrected chi connectivity index (χ4v) is 5.11. The van der Waals surface area contributed by atoms with Crippen LogP contribution >= 0.6 is 0 Å². The van der Waals surface area contributed by atoms with Gasteiger partial charge in [0.2, 0.25) is 11.8 Å². The van der Waals surface area contributed by atoms with E-state index < -0.39 is 0 Å². The Morgan fingerprint density at radius 3 is 2.10 bits per heavy atom. The van der Waals surface area contributed by atoms with Gasteiger partial charge in [0.1, 0.15) is 6.34 Å². The molecule has 1 aromatic rings. The van der Waals surface area contributed by atoms with Gasteiger partial charge in [-0.3, -0.25) is 14.6 Å². The van der Waals surface area contributed by atoms with Gasteiger partial charge in [0.05, 0.1) is 0 Å². The number of hydrogen-bond acceptors (Lipinski definition) is 4. The smallest absolute Gasteiger partial charge is 0.222 e. The van der Waals surface area contributed by atoms with Gasteiger partial charge in [0, 0.05) is 39.5 Å². The van der Waals surface area contributed by atoms with Gasteiger partial charge in [-0.15, -0.1) is 0 Å². The summed E-state index contributed by atoms with van der Waals surface area (Å²) < 4.78 is 0. The second-order valence-electron chi connectivity index (χ2n) is 10.1. The summed E-state index contributed by atoms with van der Waals surface area (Å²) in [5.74, 6) is 1.05. The van der Waals surface area contributed by atoms with Gasteiger partial charge in [-0.2, -0.15) is 5.10 Å². The van der Waals surface area contributed by atoms with Crippen molar-refractivity contribution in [2.75, 3.05) is 26.7 Å². The van der Waals surface area contributed by atoms with Crippen LogP contribution in [0.15, 0.2) is 34.4 Å². The molecule has 1 unspecified atom stereocenters. The Morgan fingerprint density at radius 2 is 1.63 bits per heavy atom. The molecule has 0 spiro atoms. The molecule has 7 heteroatoms. The van der Waals surface area contributed by atoms with Crippen LogP contribution < -0.4 is 10.7 Å². The van der Waals surface area contributed by atoms with Crippen molar-refractivity contribution in [3.8, 4) is 0 Å². The molecular weight excluding hydrogens is 510 g/mol. The van der Waals surface area contributed by atoms with E-state index in [1.54, 1.807) is 7.05 Å². The standard InChI is InChI=1S/C26H42N4O.C4H9NO.2C2H6/c1-5-7-9-24(8-6-2)26(20-28-29-21-27-4)16-18-30(19-17-26)25(31)15-14-23-12-10-22(3)11-13-23;1-3-4(6)5-2;2*1-2/h10-13,21,24,28H,4-9,14-20H2,1-3H3;3H2,1-2H3,(H,5,6);2*1-2H3/b29-21-;;;. The second kappa shape index (κ2) is 26.2. The number of piperidine rings is 1. The van der Waals surface area contributed by atoms with E-state index in [1.165, 1.54) is 49.6 Å². The lowest BCUT2D eigenvalue weighted by molar-refractivity contribution is -0.134. The first-order valence-corrected chi connectivity index (χ1v) is 16.1. The summed E-state index contributed by atoms with van der Waals surface area (Å²) in [6, 6.07) is 8.52. The number of carbonyl (C=O) groups is 2. The number of nitrogens with one attached hydrogen (secondary N) is 2. The molecule has 1 fully saturated rings. The minimum Gasteiger partial charge on any atom is -0.359 e. The third-order valence-corrected chi connectivity index (χ3v) is 7.53. The first kappa shape index (κ1) is 40.4. The average molecular weight is 574 g/mol. The molecule has 0 aliphatic carbocycles. The molecule has 236 valence electrons. The molecule has 1 heterocycles. The van der Waals surface area contributed by atoms with Crippen LogP contribution in [0.2, 0.25) is 0 Å². The van der Waals surface area contributed by atoms with E-state index >= 15 is 0 Å². The topological polar surface area (TPSA) is 86.2 Å². The maximum atomic E-state index is 12.9. The van der Waals surface area contributed by atoms with E-state index in [-0.39, 0.29) is 17.2 Å². The van der Waals surface area contributed by atoms with E-state index in [0.29, 0.717) is 18.8 Å². The minimum atomic E-state index is 0.0926. The Balaban J connectivity index is 0. The highest BCUT2D eigenvalue weighted by atomic mass is 16.2. The number of unbranched alkanes of at least 4 members (excludes halogenated alkanes) is 1. The number of aryl methyl sites for hydroxylation is 2. The van der Waals surface area contributed by atoms with Crippen LogP contribution in [0.4, 0.5) is 0 Å². The van der Waals surface area contributed by atoms with Crippen LogP contribution in [0.1, 0.15) is 117 Å². The quantitative estimate of drug-likeness (QED) is 0.137. The Morgan fingerprint density at radius 1 is 1.02 bits per heavy atom. The van der Waals surface area contributed by atoms with E-state index in [1.807, 2.05) is 34.6 Å². The average Bonchev–Trinajstić information content (AvgIpc) is 3.03. The third-order valence-electron chi connectivity index (χ3n) is 7.53. The fourth-order valence-electron chi connectivity index (χ4n) is 5.11. The lowest BCUT2D eigenvalue weighted by Gasteiger charge is -2.47. The van der Waals surface area contributed by atoms with Gasteiger partial charge in [-0.05, 0) is 56.2 Å². The first-order chi connectivity index (χ1) is 19.8. The number of nitrogens with zero attached hydrogens (tertiary/aromatic N) is 3. The largest absolute Gasteiger partial charge is 0.359 e. The van der Waals surface area contributed by atoms with Gasteiger partial charge in [0.25, 0.3) is 0 Å². The maximum absolute atomic E-state index is 12.9. The molecule has 2 rings (SSSR count). The highest BCUT2D eigenvalue weighted by molar-refractivity contribution is 5.76. The van der Waals surface area contributed by atoms with Crippen LogP contribution in [0.5, 0.6) is 0 Å². The van der Waals surface area contributed by atoms with Crippen LogP contribution in [-0.2, 0) is 16.0 Å². The normalized spacial score (nSPS) is 14.2. The number of hydrazone groups is 1. The molecule has 41 heavy (non-hydrogen) atoms. The van der Waals surface area contributed by atoms with Crippen molar-refractivity contribution < 1.29 is 9.59 Å². The molecule has 1 aliphatic rings. The van der Waals surface area contributed by atoms with E-state index in [9.17, 15) is 9.59 Å². The molecule has 1 saturated heterocycles. The van der Waals surface area contributed by atoms with Crippen LogP contribution in [0.25, 0.3) is 0 Å². The van der Waals surface area contributed by atoms with Crippen molar-refractivity contribution in [2.45, 2.75) is 120 Å². The third kappa shape index (κ3) is 17.0. The zero-order valence-electron chi connectivity index (χ0n) is 28.0. The monoisotopic (exact) mass is 573 g/mol. The second-order valence-corrected chi connectivity index (χ2v) is 10.1. The highest BCUT2D eigenvalue weighted by Gasteiger charge is 2.41. The molecule has 0 saturated carbocycles. The Kier molecular flexibility index (Phi) is 25.9. The number of likely N-dealkylation sites (tertiary alicyclic amines) is 1. The lowest BCUT2D eigenvalue weighted by atomic mass is 9.65. The number of benzene rings is 1. The molecular formula is C34H63N5O2. The molecule has 0 radical (unpaired) electrons. The predicted molar refractivity (Wildman–Crippen MR) is 179 cm³/mol. The number of rotatable bonds is 14. The maximum Gasteiger partial charge on any atom is 0.222 e. The lowest BCUT2D eigenvalue weighted by Crippen LogP contribution is -2.50. The van der Waals surface area contributed by atoms with Crippen molar-refractivity contribution in [2.24, 2.45) is 21.4 Å². The SMILES string of the molecule is C=N/C=N\NCC1(C(CCC)CCCC)CCN(C(=O)CCc2ccc(C)cc2)CC1.CC.CC.CCC(=O)NC. The zero-order chi connectivity index (χ0) is 31.5. The Hall–Kier alpha value is -2.70. The molecule has 1 aromatic carbocycles. The Labute approximate surface area is 253 Å². The van der Waals surface area contributed by atoms with Crippen LogP contribution in [0.3, 0.4) is 0 Å². The van der Waals surface area contributed by atoms with E-state index in [2.05, 4.69) is 77.5 Å². The summed E-state index contributed by atoms with van der Waals surface area (Å²) in [6.45, 7) is 22.5. The van der Waals surface area contributed by atoms with Crippen LogP contribution in [-0.4, -0.2) is 56.5 Å². The molecule has 2 N–H and O–H groups in total. The minimum absolute atomic E-state index is 0.0926. The number of aliphatic imine (C=N–C) groups is 1.